The lowest BCUT2D eigenvalue weighted by atomic mass is 9.71. The van der Waals surface area contributed by atoms with Crippen molar-refractivity contribution >= 4 is 17.1 Å². The molecule has 2 heterocycles. The summed E-state index contributed by atoms with van der Waals surface area (Å²) in [5.74, 6) is 4.57. The van der Waals surface area contributed by atoms with Gasteiger partial charge in [0.25, 0.3) is 0 Å². The molecule has 35 heavy (non-hydrogen) atoms. The average Bonchev–Trinajstić information content (AvgIpc) is 3.30. The summed E-state index contributed by atoms with van der Waals surface area (Å²) in [6, 6.07) is 6.88. The molecule has 2 saturated carbocycles. The molecule has 2 fully saturated rings. The maximum Gasteiger partial charge on any atom is 0.138 e. The van der Waals surface area contributed by atoms with Crippen molar-refractivity contribution < 1.29 is 4.79 Å². The molecule has 6 heteroatoms. The van der Waals surface area contributed by atoms with Crippen LogP contribution in [-0.4, -0.2) is 25.5 Å². The lowest BCUT2D eigenvalue weighted by Gasteiger charge is -2.36. The van der Waals surface area contributed by atoms with Crippen LogP contribution < -0.4 is 0 Å². The minimum Gasteiger partial charge on any atom is -0.311 e. The maximum atomic E-state index is 13.3. The molecule has 3 aromatic rings. The molecule has 0 spiro atoms. The molecular formula is C29H38N4OS. The molecule has 0 aliphatic heterocycles. The zero-order valence-corrected chi connectivity index (χ0v) is 22.4. The van der Waals surface area contributed by atoms with Gasteiger partial charge < -0.3 is 4.57 Å². The number of ketones is 1. The lowest BCUT2D eigenvalue weighted by molar-refractivity contribution is -0.118. The smallest absolute Gasteiger partial charge is 0.138 e. The normalized spacial score (nSPS) is 20.7. The topological polar surface area (TPSA) is 60.7 Å². The van der Waals surface area contributed by atoms with Gasteiger partial charge in [0.2, 0.25) is 0 Å². The summed E-state index contributed by atoms with van der Waals surface area (Å²) in [4.78, 5) is 17.9. The second-order valence-corrected chi connectivity index (χ2v) is 12.3. The summed E-state index contributed by atoms with van der Waals surface area (Å²) >= 11 is 1.67. The third-order valence-corrected chi connectivity index (χ3v) is 8.50. The molecule has 186 valence electrons. The fourth-order valence-electron chi connectivity index (χ4n) is 5.81. The molecule has 2 aliphatic rings. The first-order chi connectivity index (χ1) is 16.9. The number of aromatic nitrogens is 4. The van der Waals surface area contributed by atoms with Crippen molar-refractivity contribution in [1.29, 1.82) is 0 Å². The van der Waals surface area contributed by atoms with E-state index in [0.717, 1.165) is 34.7 Å². The van der Waals surface area contributed by atoms with Crippen LogP contribution in [0, 0.1) is 25.7 Å². The standard InChI is InChI=1S/C29H38N4OS/c1-18(2)11-21-13-23(14-21)28-31-32-29(33(28)25-7-8-25)24(17-27-30-9-10-35-27)16-26(34)15-22-6-5-19(3)12-20(22)4/h5-6,9-10,12,18,21,23-25H,7-8,11,13-17H2,1-4H3. The van der Waals surface area contributed by atoms with Crippen LogP contribution in [0.3, 0.4) is 0 Å². The van der Waals surface area contributed by atoms with Gasteiger partial charge in [-0.25, -0.2) is 4.98 Å². The van der Waals surface area contributed by atoms with Crippen LogP contribution in [0.5, 0.6) is 0 Å². The van der Waals surface area contributed by atoms with Crippen molar-refractivity contribution in [3.8, 4) is 0 Å². The zero-order chi connectivity index (χ0) is 24.5. The second kappa shape index (κ2) is 10.3. The highest BCUT2D eigenvalue weighted by molar-refractivity contribution is 7.09. The first kappa shape index (κ1) is 24.4. The number of carbonyl (C=O) groups excluding carboxylic acids is 1. The Kier molecular flexibility index (Phi) is 7.19. The third kappa shape index (κ3) is 5.74. The van der Waals surface area contributed by atoms with Gasteiger partial charge in [0.05, 0.1) is 5.01 Å². The summed E-state index contributed by atoms with van der Waals surface area (Å²) in [6.07, 6.45) is 9.72. The number of Topliss-reactive ketones (excluding diaryl/α,β-unsaturated/α-hetero) is 1. The highest BCUT2D eigenvalue weighted by atomic mass is 32.1. The Morgan fingerprint density at radius 1 is 1.17 bits per heavy atom. The summed E-state index contributed by atoms with van der Waals surface area (Å²) in [5, 5.41) is 12.6. The second-order valence-electron chi connectivity index (χ2n) is 11.4. The number of carbonyl (C=O) groups is 1. The van der Waals surface area contributed by atoms with Crippen molar-refractivity contribution in [1.82, 2.24) is 19.7 Å². The SMILES string of the molecule is Cc1ccc(CC(=O)CC(Cc2nccs2)c2nnc(C3CC(CC(C)C)C3)n2C2CC2)c(C)c1. The molecule has 0 saturated heterocycles. The van der Waals surface area contributed by atoms with Gasteiger partial charge >= 0.3 is 0 Å². The summed E-state index contributed by atoms with van der Waals surface area (Å²) in [5.41, 5.74) is 3.56. The van der Waals surface area contributed by atoms with Gasteiger partial charge in [-0.05, 0) is 68.9 Å². The monoisotopic (exact) mass is 490 g/mol. The Morgan fingerprint density at radius 2 is 1.97 bits per heavy atom. The number of hydrogen-bond donors (Lipinski definition) is 0. The number of thiazole rings is 1. The van der Waals surface area contributed by atoms with E-state index in [9.17, 15) is 4.79 Å². The largest absolute Gasteiger partial charge is 0.311 e. The minimum absolute atomic E-state index is 0.0211. The molecule has 0 radical (unpaired) electrons. The van der Waals surface area contributed by atoms with Crippen LogP contribution in [0.2, 0.25) is 0 Å². The van der Waals surface area contributed by atoms with E-state index in [-0.39, 0.29) is 11.7 Å². The summed E-state index contributed by atoms with van der Waals surface area (Å²) < 4.78 is 2.44. The van der Waals surface area contributed by atoms with Gasteiger partial charge in [0, 0.05) is 48.7 Å². The van der Waals surface area contributed by atoms with Gasteiger partial charge in [0.15, 0.2) is 0 Å². The van der Waals surface area contributed by atoms with Crippen molar-refractivity contribution in [3.63, 3.8) is 0 Å². The Morgan fingerprint density at radius 3 is 2.63 bits per heavy atom. The Bertz CT molecular complexity index is 1160. The number of hydrogen-bond acceptors (Lipinski definition) is 5. The van der Waals surface area contributed by atoms with Crippen molar-refractivity contribution in [3.05, 3.63) is 63.1 Å². The Balaban J connectivity index is 1.37. The van der Waals surface area contributed by atoms with Crippen LogP contribution in [-0.2, 0) is 17.6 Å². The van der Waals surface area contributed by atoms with E-state index >= 15 is 0 Å². The van der Waals surface area contributed by atoms with Crippen LogP contribution >= 0.6 is 11.3 Å². The molecule has 0 N–H and O–H groups in total. The zero-order valence-electron chi connectivity index (χ0n) is 21.5. The predicted molar refractivity (Wildman–Crippen MR) is 141 cm³/mol. The van der Waals surface area contributed by atoms with Gasteiger partial charge in [-0.2, -0.15) is 0 Å². The maximum absolute atomic E-state index is 13.3. The molecule has 1 atom stereocenters. The van der Waals surface area contributed by atoms with Crippen molar-refractivity contribution in [2.45, 2.75) is 96.9 Å². The molecule has 0 bridgehead atoms. The third-order valence-electron chi connectivity index (χ3n) is 7.70. The van der Waals surface area contributed by atoms with Crippen LogP contribution in [0.4, 0.5) is 0 Å². The van der Waals surface area contributed by atoms with Gasteiger partial charge in [-0.3, -0.25) is 4.79 Å². The molecule has 1 aromatic carbocycles. The summed E-state index contributed by atoms with van der Waals surface area (Å²) in [6.45, 7) is 8.83. The minimum atomic E-state index is 0.0211. The van der Waals surface area contributed by atoms with E-state index in [1.165, 1.54) is 49.1 Å². The molecular weight excluding hydrogens is 452 g/mol. The van der Waals surface area contributed by atoms with Gasteiger partial charge in [-0.15, -0.1) is 21.5 Å². The first-order valence-corrected chi connectivity index (χ1v) is 14.2. The number of benzene rings is 1. The molecule has 5 nitrogen and oxygen atoms in total. The van der Waals surface area contributed by atoms with E-state index in [1.54, 1.807) is 11.3 Å². The van der Waals surface area contributed by atoms with Gasteiger partial charge in [0.1, 0.15) is 17.4 Å². The number of nitrogens with zero attached hydrogens (tertiary/aromatic N) is 4. The van der Waals surface area contributed by atoms with Crippen molar-refractivity contribution in [2.24, 2.45) is 11.8 Å². The Labute approximate surface area is 213 Å². The molecule has 2 aliphatic carbocycles. The first-order valence-electron chi connectivity index (χ1n) is 13.3. The fraction of sp³-hybridized carbons (Fsp3) is 0.586. The highest BCUT2D eigenvalue weighted by Gasteiger charge is 2.39. The highest BCUT2D eigenvalue weighted by Crippen LogP contribution is 2.48. The molecule has 1 unspecified atom stereocenters. The van der Waals surface area contributed by atoms with Crippen LogP contribution in [0.15, 0.2) is 29.8 Å². The average molecular weight is 491 g/mol. The summed E-state index contributed by atoms with van der Waals surface area (Å²) in [7, 11) is 0. The van der Waals surface area contributed by atoms with E-state index in [2.05, 4.69) is 55.4 Å². The fourth-order valence-corrected chi connectivity index (χ4v) is 6.51. The van der Waals surface area contributed by atoms with E-state index in [0.29, 0.717) is 24.8 Å². The molecule has 0 amide bonds. The van der Waals surface area contributed by atoms with Gasteiger partial charge in [-0.1, -0.05) is 37.6 Å². The van der Waals surface area contributed by atoms with Crippen molar-refractivity contribution in [2.75, 3.05) is 0 Å². The van der Waals surface area contributed by atoms with E-state index in [1.807, 2.05) is 11.6 Å². The van der Waals surface area contributed by atoms with E-state index in [4.69, 9.17) is 10.2 Å². The quantitative estimate of drug-likeness (QED) is 0.298. The molecule has 2 aromatic heterocycles. The number of rotatable bonds is 11. The van der Waals surface area contributed by atoms with E-state index < -0.39 is 0 Å². The van der Waals surface area contributed by atoms with Crippen LogP contribution in [0.1, 0.15) is 104 Å². The Hall–Kier alpha value is -2.34. The molecule has 5 rings (SSSR count). The lowest BCUT2D eigenvalue weighted by Crippen LogP contribution is -2.26. The number of aryl methyl sites for hydroxylation is 2. The predicted octanol–water partition coefficient (Wildman–Crippen LogP) is 6.75. The van der Waals surface area contributed by atoms with Crippen LogP contribution in [0.25, 0.3) is 0 Å².